The highest BCUT2D eigenvalue weighted by molar-refractivity contribution is 8.00. The molecule has 5 N–H and O–H groups in total. The fraction of sp³-hybridized carbons (Fsp3) is 0.471. The minimum absolute atomic E-state index is 0.0245. The van der Waals surface area contributed by atoms with Crippen molar-refractivity contribution in [2.24, 2.45) is 16.8 Å². The number of imide groups is 1. The second kappa shape index (κ2) is 8.93. The summed E-state index contributed by atoms with van der Waals surface area (Å²) >= 11 is 1.21. The molecule has 0 radical (unpaired) electrons. The number of nitrogens with one attached hydrogen (secondary N) is 1. The fourth-order valence-corrected chi connectivity index (χ4v) is 4.35. The predicted molar refractivity (Wildman–Crippen MR) is 108 cm³/mol. The Kier molecular flexibility index (Phi) is 7.07. The van der Waals surface area contributed by atoms with E-state index in [1.54, 1.807) is 6.07 Å². The van der Waals surface area contributed by atoms with Gasteiger partial charge < -0.3 is 10.3 Å². The molecule has 0 saturated carbocycles. The first kappa shape index (κ1) is 22.2. The highest BCUT2D eigenvalue weighted by atomic mass is 32.2. The van der Waals surface area contributed by atoms with E-state index in [2.05, 4.69) is 17.2 Å². The quantitative estimate of drug-likeness (QED) is 0.547. The van der Waals surface area contributed by atoms with Gasteiger partial charge in [-0.05, 0) is 30.5 Å². The van der Waals surface area contributed by atoms with E-state index in [-0.39, 0.29) is 10.8 Å². The van der Waals surface area contributed by atoms with Crippen molar-refractivity contribution in [3.8, 4) is 0 Å². The summed E-state index contributed by atoms with van der Waals surface area (Å²) in [5.74, 6) is -0.587. The molecule has 2 rings (SSSR count). The normalized spacial score (nSPS) is 13.0. The van der Waals surface area contributed by atoms with Gasteiger partial charge in [-0.3, -0.25) is 10.1 Å². The summed E-state index contributed by atoms with van der Waals surface area (Å²) in [7, 11) is -3.85. The number of urea groups is 1. The van der Waals surface area contributed by atoms with E-state index in [0.29, 0.717) is 17.2 Å². The number of amides is 3. The molecule has 0 saturated heterocycles. The third kappa shape index (κ3) is 5.24. The smallest absolute Gasteiger partial charge is 0.318 e. The van der Waals surface area contributed by atoms with Gasteiger partial charge in [-0.25, -0.2) is 23.3 Å². The van der Waals surface area contributed by atoms with Crippen molar-refractivity contribution in [3.05, 3.63) is 18.2 Å². The number of rotatable bonds is 8. The van der Waals surface area contributed by atoms with Crippen molar-refractivity contribution in [2.45, 2.75) is 55.5 Å². The third-order valence-electron chi connectivity index (χ3n) is 4.09. The summed E-state index contributed by atoms with van der Waals surface area (Å²) in [6.45, 7) is 6.43. The Balaban J connectivity index is 2.50. The van der Waals surface area contributed by atoms with Gasteiger partial charge in [0, 0.05) is 6.54 Å². The largest absolute Gasteiger partial charge is 0.351 e. The molecule has 0 aliphatic heterocycles. The lowest BCUT2D eigenvalue weighted by molar-refractivity contribution is -0.120. The molecule has 9 nitrogen and oxygen atoms in total. The van der Waals surface area contributed by atoms with Crippen LogP contribution in [0.1, 0.15) is 33.6 Å². The molecular formula is C17H25N5O4S2. The number of primary amides is 1. The minimum Gasteiger partial charge on any atom is -0.351 e. The SMILES string of the molecule is CCCCn1c(SC(C(=O)NC(N)=O)C(C)C)nc2cc(S(N)(=O)=O)ccc21. The molecule has 1 unspecified atom stereocenters. The van der Waals surface area contributed by atoms with Crippen LogP contribution >= 0.6 is 11.8 Å². The van der Waals surface area contributed by atoms with Crippen LogP contribution in [0.4, 0.5) is 4.79 Å². The van der Waals surface area contributed by atoms with Gasteiger partial charge in [0.2, 0.25) is 15.9 Å². The molecule has 1 heterocycles. The van der Waals surface area contributed by atoms with Crippen LogP contribution in [0.3, 0.4) is 0 Å². The number of nitrogens with zero attached hydrogens (tertiary/aromatic N) is 2. The number of benzene rings is 1. The molecule has 1 atom stereocenters. The first-order valence-corrected chi connectivity index (χ1v) is 11.3. The molecule has 1 aromatic carbocycles. The van der Waals surface area contributed by atoms with E-state index in [4.69, 9.17) is 10.9 Å². The summed E-state index contributed by atoms with van der Waals surface area (Å²) < 4.78 is 25.2. The molecule has 28 heavy (non-hydrogen) atoms. The number of imidazole rings is 1. The molecule has 154 valence electrons. The minimum atomic E-state index is -3.85. The number of hydrogen-bond acceptors (Lipinski definition) is 6. The Labute approximate surface area is 168 Å². The molecule has 0 fully saturated rings. The van der Waals surface area contributed by atoms with Crippen molar-refractivity contribution in [2.75, 3.05) is 0 Å². The number of fused-ring (bicyclic) bond motifs is 1. The van der Waals surface area contributed by atoms with Crippen molar-refractivity contribution in [3.63, 3.8) is 0 Å². The Morgan fingerprint density at radius 1 is 1.32 bits per heavy atom. The maximum atomic E-state index is 12.4. The number of aromatic nitrogens is 2. The van der Waals surface area contributed by atoms with Crippen LogP contribution in [0.15, 0.2) is 28.3 Å². The van der Waals surface area contributed by atoms with Gasteiger partial charge in [-0.2, -0.15) is 0 Å². The lowest BCUT2D eigenvalue weighted by Gasteiger charge is -2.19. The van der Waals surface area contributed by atoms with E-state index in [9.17, 15) is 18.0 Å². The second-order valence-corrected chi connectivity index (χ2v) is 9.40. The highest BCUT2D eigenvalue weighted by Crippen LogP contribution is 2.32. The maximum absolute atomic E-state index is 12.4. The number of sulfonamides is 1. The van der Waals surface area contributed by atoms with E-state index in [1.807, 2.05) is 18.4 Å². The van der Waals surface area contributed by atoms with Gasteiger partial charge in [0.1, 0.15) is 0 Å². The Morgan fingerprint density at radius 2 is 2.00 bits per heavy atom. The number of primary sulfonamides is 1. The zero-order valence-corrected chi connectivity index (χ0v) is 17.6. The van der Waals surface area contributed by atoms with Crippen molar-refractivity contribution in [1.29, 1.82) is 0 Å². The van der Waals surface area contributed by atoms with Gasteiger partial charge in [-0.15, -0.1) is 0 Å². The van der Waals surface area contributed by atoms with E-state index in [0.717, 1.165) is 18.4 Å². The maximum Gasteiger partial charge on any atom is 0.318 e. The number of carbonyl (C=O) groups excluding carboxylic acids is 2. The molecule has 0 aliphatic carbocycles. The van der Waals surface area contributed by atoms with E-state index in [1.165, 1.54) is 23.9 Å². The van der Waals surface area contributed by atoms with Gasteiger partial charge in [0.15, 0.2) is 5.16 Å². The monoisotopic (exact) mass is 427 g/mol. The van der Waals surface area contributed by atoms with Crippen LogP contribution in [0.25, 0.3) is 11.0 Å². The van der Waals surface area contributed by atoms with Gasteiger partial charge in [0.25, 0.3) is 0 Å². The summed E-state index contributed by atoms with van der Waals surface area (Å²) in [6.07, 6.45) is 1.84. The molecule has 11 heteroatoms. The lowest BCUT2D eigenvalue weighted by Crippen LogP contribution is -2.42. The van der Waals surface area contributed by atoms with Crippen LogP contribution in [0.2, 0.25) is 0 Å². The van der Waals surface area contributed by atoms with Crippen LogP contribution in [0, 0.1) is 5.92 Å². The van der Waals surface area contributed by atoms with Crippen molar-refractivity contribution < 1.29 is 18.0 Å². The summed E-state index contributed by atoms with van der Waals surface area (Å²) in [5.41, 5.74) is 6.30. The third-order valence-corrected chi connectivity index (χ3v) is 6.54. The zero-order valence-electron chi connectivity index (χ0n) is 16.0. The highest BCUT2D eigenvalue weighted by Gasteiger charge is 2.27. The zero-order chi connectivity index (χ0) is 21.1. The van der Waals surface area contributed by atoms with Gasteiger partial charge in [0.05, 0.1) is 21.2 Å². The predicted octanol–water partition coefficient (Wildman–Crippen LogP) is 1.80. The Hall–Kier alpha value is -2.11. The van der Waals surface area contributed by atoms with Crippen LogP contribution in [-0.2, 0) is 21.4 Å². The molecule has 0 bridgehead atoms. The first-order valence-electron chi connectivity index (χ1n) is 8.84. The Bertz CT molecular complexity index is 985. The molecule has 0 aliphatic rings. The number of carbonyl (C=O) groups is 2. The number of nitrogens with two attached hydrogens (primary N) is 2. The molecule has 0 spiro atoms. The number of hydrogen-bond donors (Lipinski definition) is 3. The van der Waals surface area contributed by atoms with Gasteiger partial charge in [-0.1, -0.05) is 39.0 Å². The topological polar surface area (TPSA) is 150 Å². The number of unbranched alkanes of at least 4 members (excludes halogenated alkanes) is 1. The second-order valence-electron chi connectivity index (χ2n) is 6.73. The van der Waals surface area contributed by atoms with Crippen LogP contribution in [-0.4, -0.2) is 35.2 Å². The van der Waals surface area contributed by atoms with Crippen molar-refractivity contribution >= 4 is 44.8 Å². The molecule has 3 amide bonds. The van der Waals surface area contributed by atoms with E-state index < -0.39 is 27.2 Å². The fourth-order valence-electron chi connectivity index (χ4n) is 2.69. The standard InChI is InChI=1S/C17H25N5O4S2/c1-4-5-8-22-13-7-6-11(28(19,25)26)9-12(13)20-17(22)27-14(10(2)3)15(23)21-16(18)24/h6-7,9-10,14H,4-5,8H2,1-3H3,(H2,19,25,26)(H3,18,21,23,24). The number of thioether (sulfide) groups is 1. The first-order chi connectivity index (χ1) is 13.0. The summed E-state index contributed by atoms with van der Waals surface area (Å²) in [6, 6.07) is 3.62. The lowest BCUT2D eigenvalue weighted by atomic mass is 10.1. The van der Waals surface area contributed by atoms with Crippen LogP contribution in [0.5, 0.6) is 0 Å². The number of aryl methyl sites for hydroxylation is 1. The van der Waals surface area contributed by atoms with Crippen molar-refractivity contribution in [1.82, 2.24) is 14.9 Å². The van der Waals surface area contributed by atoms with E-state index >= 15 is 0 Å². The average molecular weight is 428 g/mol. The average Bonchev–Trinajstić information content (AvgIpc) is 2.92. The molecule has 2 aromatic rings. The summed E-state index contributed by atoms with van der Waals surface area (Å²) in [5, 5.41) is 7.30. The molecular weight excluding hydrogens is 402 g/mol. The Morgan fingerprint density at radius 3 is 2.54 bits per heavy atom. The van der Waals surface area contributed by atoms with Gasteiger partial charge >= 0.3 is 6.03 Å². The van der Waals surface area contributed by atoms with Crippen LogP contribution < -0.4 is 16.2 Å². The summed E-state index contributed by atoms with van der Waals surface area (Å²) in [4.78, 5) is 27.9. The molecule has 1 aromatic heterocycles.